The molecule has 0 saturated carbocycles. The molecule has 0 radical (unpaired) electrons. The van der Waals surface area contributed by atoms with E-state index in [1.807, 2.05) is 30.3 Å². The number of fused-ring (bicyclic) bond motifs is 1. The lowest BCUT2D eigenvalue weighted by Crippen LogP contribution is -2.25. The number of hydrogen-bond donors (Lipinski definition) is 0. The molecule has 2 aromatic carbocycles. The molecule has 126 valence electrons. The highest BCUT2D eigenvalue weighted by atomic mass is 16.5. The van der Waals surface area contributed by atoms with Crippen molar-refractivity contribution in [2.45, 2.75) is 19.8 Å². The molecular weight excluding hydrogens is 316 g/mol. The fraction of sp³-hybridized carbons (Fsp3) is 0.190. The van der Waals surface area contributed by atoms with Crippen LogP contribution >= 0.6 is 0 Å². The first kappa shape index (κ1) is 16.8. The van der Waals surface area contributed by atoms with Crippen molar-refractivity contribution in [1.29, 1.82) is 0 Å². The van der Waals surface area contributed by atoms with Gasteiger partial charge in [0.25, 0.3) is 0 Å². The van der Waals surface area contributed by atoms with Crippen molar-refractivity contribution in [1.82, 2.24) is 0 Å². The summed E-state index contributed by atoms with van der Waals surface area (Å²) in [5.74, 6) is -0.962. The Labute approximate surface area is 146 Å². The molecule has 0 spiro atoms. The molecule has 0 bridgehead atoms. The van der Waals surface area contributed by atoms with Gasteiger partial charge in [0, 0.05) is 28.7 Å². The lowest BCUT2D eigenvalue weighted by atomic mass is 9.80. The third-order valence-corrected chi connectivity index (χ3v) is 4.18. The van der Waals surface area contributed by atoms with Gasteiger partial charge in [-0.05, 0) is 12.5 Å². The number of allylic oxidation sites excluding steroid dienone is 1. The quantitative estimate of drug-likeness (QED) is 0.785. The molecule has 0 amide bonds. The summed E-state index contributed by atoms with van der Waals surface area (Å²) >= 11 is 0. The summed E-state index contributed by atoms with van der Waals surface area (Å²) in [6.45, 7) is 1.94. The van der Waals surface area contributed by atoms with Crippen LogP contribution in [0.25, 0.3) is 0 Å². The lowest BCUT2D eigenvalue weighted by molar-refractivity contribution is -0.142. The average molecular weight is 334 g/mol. The molecule has 0 aliphatic heterocycles. The average Bonchev–Trinajstić information content (AvgIpc) is 2.63. The Morgan fingerprint density at radius 2 is 1.40 bits per heavy atom. The highest BCUT2D eigenvalue weighted by Gasteiger charge is 2.32. The van der Waals surface area contributed by atoms with Crippen molar-refractivity contribution >= 4 is 17.5 Å². The van der Waals surface area contributed by atoms with Crippen molar-refractivity contribution in [2.75, 3.05) is 6.61 Å². The first-order chi connectivity index (χ1) is 12.1. The van der Waals surface area contributed by atoms with Crippen LogP contribution in [0.15, 0.2) is 65.7 Å². The summed E-state index contributed by atoms with van der Waals surface area (Å²) < 4.78 is 4.98. The van der Waals surface area contributed by atoms with Gasteiger partial charge in [0.1, 0.15) is 0 Å². The van der Waals surface area contributed by atoms with E-state index in [1.54, 1.807) is 31.2 Å². The molecule has 0 aromatic heterocycles. The SMILES string of the molecule is CCOC(=O)CC1=C(Cc2ccccc2)C(=O)c2ccccc2C1=O. The number of carbonyl (C=O) groups is 3. The molecule has 3 rings (SSSR count). The van der Waals surface area contributed by atoms with E-state index < -0.39 is 5.97 Å². The van der Waals surface area contributed by atoms with Gasteiger partial charge in [0.2, 0.25) is 0 Å². The number of Topliss-reactive ketones (excluding diaryl/α,β-unsaturated/α-hetero) is 2. The molecule has 0 fully saturated rings. The fourth-order valence-electron chi connectivity index (χ4n) is 3.01. The molecule has 0 atom stereocenters. The van der Waals surface area contributed by atoms with Crippen LogP contribution in [0.1, 0.15) is 39.6 Å². The van der Waals surface area contributed by atoms with Gasteiger partial charge < -0.3 is 4.74 Å². The van der Waals surface area contributed by atoms with Gasteiger partial charge in [0.15, 0.2) is 11.6 Å². The van der Waals surface area contributed by atoms with Crippen molar-refractivity contribution in [3.05, 3.63) is 82.4 Å². The Balaban J connectivity index is 2.06. The van der Waals surface area contributed by atoms with Gasteiger partial charge in [-0.1, -0.05) is 54.6 Å². The van der Waals surface area contributed by atoms with Gasteiger partial charge in [-0.2, -0.15) is 0 Å². The van der Waals surface area contributed by atoms with Gasteiger partial charge in [0.05, 0.1) is 13.0 Å². The van der Waals surface area contributed by atoms with E-state index in [-0.39, 0.29) is 30.2 Å². The maximum absolute atomic E-state index is 13.0. The van der Waals surface area contributed by atoms with Crippen LogP contribution in [0.3, 0.4) is 0 Å². The van der Waals surface area contributed by atoms with E-state index in [4.69, 9.17) is 4.74 Å². The fourth-order valence-corrected chi connectivity index (χ4v) is 3.01. The second-order valence-electron chi connectivity index (χ2n) is 5.81. The highest BCUT2D eigenvalue weighted by Crippen LogP contribution is 2.30. The van der Waals surface area contributed by atoms with Gasteiger partial charge in [-0.25, -0.2) is 0 Å². The summed E-state index contributed by atoms with van der Waals surface area (Å²) in [7, 11) is 0. The minimum absolute atomic E-state index is 0.186. The molecule has 0 N–H and O–H groups in total. The van der Waals surface area contributed by atoms with Crippen LogP contribution in [-0.2, 0) is 16.0 Å². The zero-order valence-electron chi connectivity index (χ0n) is 14.0. The third kappa shape index (κ3) is 3.43. The Morgan fingerprint density at radius 3 is 2.00 bits per heavy atom. The molecule has 0 unspecified atom stereocenters. The normalized spacial score (nSPS) is 13.6. The number of ketones is 2. The second-order valence-corrected chi connectivity index (χ2v) is 5.81. The van der Waals surface area contributed by atoms with Crippen molar-refractivity contribution in [3.63, 3.8) is 0 Å². The van der Waals surface area contributed by atoms with E-state index in [9.17, 15) is 14.4 Å². The summed E-state index contributed by atoms with van der Waals surface area (Å²) in [5.41, 5.74) is 2.28. The Morgan fingerprint density at radius 1 is 0.840 bits per heavy atom. The number of rotatable bonds is 5. The summed E-state index contributed by atoms with van der Waals surface area (Å²) in [5, 5.41) is 0. The molecule has 25 heavy (non-hydrogen) atoms. The number of ether oxygens (including phenoxy) is 1. The van der Waals surface area contributed by atoms with Gasteiger partial charge >= 0.3 is 5.97 Å². The Bertz CT molecular complexity index is 862. The van der Waals surface area contributed by atoms with Gasteiger partial charge in [-0.3, -0.25) is 14.4 Å². The molecule has 4 heteroatoms. The molecule has 4 nitrogen and oxygen atoms in total. The lowest BCUT2D eigenvalue weighted by Gasteiger charge is -2.21. The maximum atomic E-state index is 13.0. The smallest absolute Gasteiger partial charge is 0.310 e. The summed E-state index contributed by atoms with van der Waals surface area (Å²) in [6, 6.07) is 16.2. The van der Waals surface area contributed by atoms with Crippen LogP contribution in [-0.4, -0.2) is 24.1 Å². The number of benzene rings is 2. The zero-order valence-corrected chi connectivity index (χ0v) is 14.0. The number of esters is 1. The van der Waals surface area contributed by atoms with E-state index in [1.165, 1.54) is 0 Å². The number of carbonyl (C=O) groups excluding carboxylic acids is 3. The van der Waals surface area contributed by atoms with Crippen LogP contribution in [0, 0.1) is 0 Å². The first-order valence-corrected chi connectivity index (χ1v) is 8.21. The topological polar surface area (TPSA) is 60.4 Å². The predicted molar refractivity (Wildman–Crippen MR) is 93.5 cm³/mol. The second kappa shape index (κ2) is 7.26. The van der Waals surface area contributed by atoms with E-state index >= 15 is 0 Å². The van der Waals surface area contributed by atoms with E-state index in [0.29, 0.717) is 23.1 Å². The zero-order chi connectivity index (χ0) is 17.8. The summed E-state index contributed by atoms with van der Waals surface area (Å²) in [4.78, 5) is 37.8. The maximum Gasteiger partial charge on any atom is 0.310 e. The third-order valence-electron chi connectivity index (χ3n) is 4.18. The Hall–Kier alpha value is -3.01. The van der Waals surface area contributed by atoms with E-state index in [2.05, 4.69) is 0 Å². The van der Waals surface area contributed by atoms with Crippen LogP contribution in [0.5, 0.6) is 0 Å². The molecule has 0 saturated heterocycles. The monoisotopic (exact) mass is 334 g/mol. The van der Waals surface area contributed by atoms with Crippen molar-refractivity contribution in [2.24, 2.45) is 0 Å². The Kier molecular flexibility index (Phi) is 4.89. The van der Waals surface area contributed by atoms with Gasteiger partial charge in [-0.15, -0.1) is 0 Å². The van der Waals surface area contributed by atoms with Crippen molar-refractivity contribution in [3.8, 4) is 0 Å². The minimum atomic E-state index is -0.497. The molecule has 0 heterocycles. The van der Waals surface area contributed by atoms with Crippen LogP contribution in [0.2, 0.25) is 0 Å². The standard InChI is InChI=1S/C21H18O4/c1-2-25-19(22)13-18-17(12-14-8-4-3-5-9-14)20(23)15-10-6-7-11-16(15)21(18)24/h3-11H,2,12-13H2,1H3. The highest BCUT2D eigenvalue weighted by molar-refractivity contribution is 6.27. The number of hydrogen-bond acceptors (Lipinski definition) is 4. The minimum Gasteiger partial charge on any atom is -0.466 e. The van der Waals surface area contributed by atoms with Crippen LogP contribution in [0.4, 0.5) is 0 Å². The van der Waals surface area contributed by atoms with Crippen LogP contribution < -0.4 is 0 Å². The molecule has 1 aliphatic rings. The summed E-state index contributed by atoms with van der Waals surface area (Å²) in [6.07, 6.45) is 0.128. The predicted octanol–water partition coefficient (Wildman–Crippen LogP) is 3.56. The molecule has 2 aromatic rings. The molecule has 1 aliphatic carbocycles. The van der Waals surface area contributed by atoms with Crippen molar-refractivity contribution < 1.29 is 19.1 Å². The van der Waals surface area contributed by atoms with E-state index in [0.717, 1.165) is 5.56 Å². The molecular formula is C21H18O4. The first-order valence-electron chi connectivity index (χ1n) is 8.21. The largest absolute Gasteiger partial charge is 0.466 e.